The molecule has 568 valence electrons. The minimum Gasteiger partial charge on any atom is -0.456 e. The van der Waals surface area contributed by atoms with Gasteiger partial charge in [-0.25, -0.2) is 34.7 Å². The molecule has 7 aromatic carbocycles. The maximum Gasteiger partial charge on any atom is 0.295 e. The largest absolute Gasteiger partial charge is 0.456 e. The van der Waals surface area contributed by atoms with E-state index in [1.165, 1.54) is 36.4 Å². The first-order valence-electron chi connectivity index (χ1n) is 31.4. The number of nitrogens with two attached hydrogens (primary N) is 1. The van der Waals surface area contributed by atoms with Crippen LogP contribution in [0.2, 0.25) is 5.02 Å². The molecule has 2 saturated heterocycles. The van der Waals surface area contributed by atoms with Crippen molar-refractivity contribution in [2.75, 3.05) is 52.7 Å². The molecule has 0 radical (unpaired) electrons. The maximum absolute atomic E-state index is 12.7. The molecular formula is C67H79Br2Cl2N5O25S3. The Hall–Kier alpha value is -5.64. The highest BCUT2D eigenvalue weighted by molar-refractivity contribution is 9.10. The van der Waals surface area contributed by atoms with Gasteiger partial charge >= 0.3 is 0 Å². The minimum atomic E-state index is -4.09. The van der Waals surface area contributed by atoms with Crippen molar-refractivity contribution < 1.29 is 121 Å². The molecular weight excluding hydrogens is 1600 g/mol. The van der Waals surface area contributed by atoms with Crippen molar-refractivity contribution in [1.29, 1.82) is 0 Å². The summed E-state index contributed by atoms with van der Waals surface area (Å²) in [6, 6.07) is 45.3. The molecule has 2 aliphatic heterocycles. The molecule has 2 fully saturated rings. The molecule has 0 saturated carbocycles. The standard InChI is InChI=1S/C31H34ClN3O11S.C18H22BrNO7S.C12H8BrClO2S.C6H15NO5/c32-20-10-22-21(34-31(35-22)46-26-14-45-29-25(39)13-44-30(26)29)9-19(20)17-3-1-15(2-4-17)16-5-7-18(8-6-16)47(42,43)33-11-23(37)27(40)28(41)24(38)12-36;19-13-5-1-11(2-6-13)12-3-7-14(8-4-12)28(26,27)20-9-15(22)17(24)18(25)16(23)10-21;13-11-5-1-9(2-6-11)10-3-7-12(8-4-10)17(14,15)16;7-1-3(9)5(11)6(12)4(10)2-8/h1-10,23-30,33,36-41H,11-14H2,(H,34,35);1-8,15-18,20-25H,9-10H2;1-8H;3-6,8-12H,1-2,7H2/t23-,24+,25+,26+,27+,28+,29+,30+;15-,16+,17+,18+;;3-,4+,5+,6+/m00.0/s1. The molecule has 21 N–H and O–H groups in total. The molecule has 0 unspecified atom stereocenters. The van der Waals surface area contributed by atoms with Gasteiger partial charge in [-0.3, -0.25) is 0 Å². The topological polar surface area (TPSA) is 533 Å². The number of benzene rings is 7. The summed E-state index contributed by atoms with van der Waals surface area (Å²) in [5, 5.41) is 150. The molecule has 0 spiro atoms. The number of aliphatic hydroxyl groups excluding tert-OH is 16. The lowest BCUT2D eigenvalue weighted by Crippen LogP contribution is -2.49. The van der Waals surface area contributed by atoms with Gasteiger partial charge in [0.1, 0.15) is 73.2 Å². The number of aromatic nitrogens is 2. The number of aliphatic hydroxyl groups is 16. The molecule has 3 heterocycles. The van der Waals surface area contributed by atoms with Crippen LogP contribution in [-0.2, 0) is 38.6 Å². The second-order valence-electron chi connectivity index (χ2n) is 23.6. The number of imidazole rings is 1. The van der Waals surface area contributed by atoms with Crippen molar-refractivity contribution in [3.05, 3.63) is 172 Å². The van der Waals surface area contributed by atoms with E-state index in [1.54, 1.807) is 42.5 Å². The summed E-state index contributed by atoms with van der Waals surface area (Å²) >= 11 is 13.3. The monoisotopic (exact) mass is 1680 g/mol. The van der Waals surface area contributed by atoms with E-state index in [9.17, 15) is 71.2 Å². The third kappa shape index (κ3) is 23.2. The van der Waals surface area contributed by atoms with Gasteiger partial charge in [-0.2, -0.15) is 4.98 Å². The van der Waals surface area contributed by atoms with E-state index >= 15 is 0 Å². The van der Waals surface area contributed by atoms with E-state index < -0.39 is 154 Å². The minimum absolute atomic E-state index is 0.0361. The van der Waals surface area contributed by atoms with Crippen molar-refractivity contribution >= 4 is 94.3 Å². The van der Waals surface area contributed by atoms with Gasteiger partial charge in [0.2, 0.25) is 20.0 Å². The van der Waals surface area contributed by atoms with Gasteiger partial charge in [-0.05, 0) is 112 Å². The van der Waals surface area contributed by atoms with Crippen LogP contribution >= 0.6 is 54.1 Å². The van der Waals surface area contributed by atoms with Crippen LogP contribution in [0.4, 0.5) is 0 Å². The van der Waals surface area contributed by atoms with Crippen LogP contribution in [0.5, 0.6) is 6.01 Å². The fraction of sp³-hybridized carbons (Fsp3) is 0.358. The Morgan fingerprint density at radius 1 is 0.490 bits per heavy atom. The van der Waals surface area contributed by atoms with Crippen molar-refractivity contribution in [2.24, 2.45) is 5.73 Å². The number of H-pyrrole nitrogens is 1. The third-order valence-electron chi connectivity index (χ3n) is 16.3. The molecule has 10 rings (SSSR count). The second kappa shape index (κ2) is 38.9. The summed E-state index contributed by atoms with van der Waals surface area (Å²) in [4.78, 5) is 7.66. The molecule has 0 bridgehead atoms. The molecule has 104 heavy (non-hydrogen) atoms. The van der Waals surface area contributed by atoms with Crippen molar-refractivity contribution in [1.82, 2.24) is 19.4 Å². The van der Waals surface area contributed by atoms with Crippen LogP contribution in [0.3, 0.4) is 0 Å². The molecule has 0 amide bonds. The normalized spacial score (nSPS) is 19.5. The van der Waals surface area contributed by atoms with Gasteiger partial charge < -0.3 is 107 Å². The first-order valence-corrected chi connectivity index (χ1v) is 38.7. The zero-order valence-electron chi connectivity index (χ0n) is 54.5. The Kier molecular flexibility index (Phi) is 32.1. The predicted molar refractivity (Wildman–Crippen MR) is 387 cm³/mol. The van der Waals surface area contributed by atoms with Gasteiger partial charge in [-0.1, -0.05) is 128 Å². The number of hydrogen-bond acceptors (Lipinski definition) is 27. The number of rotatable bonds is 28. The third-order valence-corrected chi connectivity index (χ3v) is 21.9. The van der Waals surface area contributed by atoms with E-state index in [4.69, 9.17) is 78.0 Å². The highest BCUT2D eigenvalue weighted by Crippen LogP contribution is 2.36. The summed E-state index contributed by atoms with van der Waals surface area (Å²) in [5.41, 5.74) is 13.1. The molecule has 2 aliphatic rings. The molecule has 1 aromatic heterocycles. The maximum atomic E-state index is 12.7. The second-order valence-corrected chi connectivity index (χ2v) is 32.0. The number of fused-ring (bicyclic) bond motifs is 2. The van der Waals surface area contributed by atoms with E-state index in [0.29, 0.717) is 16.1 Å². The highest BCUT2D eigenvalue weighted by atomic mass is 79.9. The number of sulfonamides is 2. The van der Waals surface area contributed by atoms with E-state index in [1.807, 2.05) is 78.9 Å². The van der Waals surface area contributed by atoms with Gasteiger partial charge in [0.05, 0.1) is 82.1 Å². The van der Waals surface area contributed by atoms with Gasteiger partial charge in [0, 0.05) is 44.8 Å². The molecule has 30 nitrogen and oxygen atoms in total. The van der Waals surface area contributed by atoms with Crippen molar-refractivity contribution in [3.8, 4) is 50.5 Å². The summed E-state index contributed by atoms with van der Waals surface area (Å²) in [5.74, 6) is 0. The number of hydrogen-bond donors (Lipinski definition) is 20. The van der Waals surface area contributed by atoms with Crippen molar-refractivity contribution in [2.45, 2.75) is 112 Å². The van der Waals surface area contributed by atoms with Crippen LogP contribution in [0, 0.1) is 0 Å². The average molecular weight is 1680 g/mol. The summed E-state index contributed by atoms with van der Waals surface area (Å²) in [6.45, 7) is -3.33. The SMILES string of the molecule is NC[C@H](O)[C@@H](O)[C@H](O)[C@H](O)CO.O=S(=O)(Cl)c1ccc(-c2ccc(Br)cc2)cc1.O=S(=O)(NC[C@H](O)[C@@H](O)[C@H](O)[C@H](O)CO)c1ccc(-c2ccc(-c3cc4nc(O[C@@H]5CO[C@H]6[C@@H]5OC[C@H]6O)[nH]c4cc3Cl)cc2)cc1.O=S(=O)(NC[C@H](O)[C@@H](O)[C@H](O)[C@H](O)CO)c1ccc(-c2ccc(Br)cc2)cc1. The lowest BCUT2D eigenvalue weighted by molar-refractivity contribution is -0.113. The first kappa shape index (κ1) is 85.6. The fourth-order valence-corrected chi connectivity index (χ4v) is 13.9. The average Bonchev–Trinajstić information content (AvgIpc) is 1.58. The van der Waals surface area contributed by atoms with Crippen LogP contribution < -0.4 is 19.9 Å². The molecule has 16 atom stereocenters. The fourth-order valence-electron chi connectivity index (χ4n) is 10.2. The van der Waals surface area contributed by atoms with Crippen LogP contribution in [-0.4, -0.2) is 267 Å². The van der Waals surface area contributed by atoms with Gasteiger partial charge in [0.15, 0.2) is 6.10 Å². The van der Waals surface area contributed by atoms with E-state index in [-0.39, 0.29) is 46.6 Å². The van der Waals surface area contributed by atoms with Crippen LogP contribution in [0.1, 0.15) is 0 Å². The van der Waals surface area contributed by atoms with Gasteiger partial charge in [-0.15, -0.1) is 0 Å². The lowest BCUT2D eigenvalue weighted by atomic mass is 10.00. The summed E-state index contributed by atoms with van der Waals surface area (Å²) < 4.78 is 95.8. The highest BCUT2D eigenvalue weighted by Gasteiger charge is 2.49. The Balaban J connectivity index is 0.000000223. The molecule has 8 aromatic rings. The van der Waals surface area contributed by atoms with E-state index in [2.05, 4.69) is 51.3 Å². The Morgan fingerprint density at radius 3 is 1.20 bits per heavy atom. The van der Waals surface area contributed by atoms with E-state index in [0.717, 1.165) is 53.5 Å². The number of ether oxygens (including phenoxy) is 3. The Morgan fingerprint density at radius 2 is 0.827 bits per heavy atom. The molecule has 0 aliphatic carbocycles. The first-order chi connectivity index (χ1) is 49.1. The number of nitrogens with one attached hydrogen (secondary N) is 3. The zero-order chi connectivity index (χ0) is 76.5. The molecule has 37 heteroatoms. The van der Waals surface area contributed by atoms with Crippen LogP contribution in [0.25, 0.3) is 55.5 Å². The Bertz CT molecular complexity index is 4350. The quantitative estimate of drug-likeness (QED) is 0.0296. The smallest absolute Gasteiger partial charge is 0.295 e. The lowest BCUT2D eigenvalue weighted by Gasteiger charge is -2.25. The number of nitrogens with zero attached hydrogens (tertiary/aromatic N) is 1. The summed E-state index contributed by atoms with van der Waals surface area (Å²) in [7, 11) is -6.45. The van der Waals surface area contributed by atoms with Crippen LogP contribution in [0.15, 0.2) is 181 Å². The Labute approximate surface area is 623 Å². The van der Waals surface area contributed by atoms with Gasteiger partial charge in [0.25, 0.3) is 15.1 Å². The zero-order valence-corrected chi connectivity index (χ0v) is 61.6. The number of aromatic amines is 1. The summed E-state index contributed by atoms with van der Waals surface area (Å²) in [6.07, 6.45) is -22.0. The number of halogens is 4. The van der Waals surface area contributed by atoms with Crippen molar-refractivity contribution in [3.63, 3.8) is 0 Å². The predicted octanol–water partition coefficient (Wildman–Crippen LogP) is 0.425.